The molecular formula is C21H16N2O5S. The summed E-state index contributed by atoms with van der Waals surface area (Å²) in [5.41, 5.74) is 1.44. The molecular weight excluding hydrogens is 392 g/mol. The van der Waals surface area contributed by atoms with Crippen LogP contribution in [-0.4, -0.2) is 42.3 Å². The highest BCUT2D eigenvalue weighted by molar-refractivity contribution is 7.21. The van der Waals surface area contributed by atoms with Gasteiger partial charge in [0, 0.05) is 19.2 Å². The zero-order chi connectivity index (χ0) is 19.8. The van der Waals surface area contributed by atoms with Crippen molar-refractivity contribution in [3.05, 3.63) is 59.0 Å². The number of benzene rings is 2. The molecule has 0 radical (unpaired) electrons. The van der Waals surface area contributed by atoms with Gasteiger partial charge in [-0.1, -0.05) is 12.1 Å². The summed E-state index contributed by atoms with van der Waals surface area (Å²) in [6.07, 6.45) is 0.969. The zero-order valence-electron chi connectivity index (χ0n) is 15.3. The first-order valence-corrected chi connectivity index (χ1v) is 9.97. The summed E-state index contributed by atoms with van der Waals surface area (Å²) in [5.74, 6) is 0.324. The SMILES string of the molecule is O=C(Oc1ccc2c(=O)c(-c3nc4ccccc4s3)coc2c1)N1CCOCC1. The van der Waals surface area contributed by atoms with Gasteiger partial charge in [0.1, 0.15) is 22.6 Å². The van der Waals surface area contributed by atoms with Crippen molar-refractivity contribution in [3.8, 4) is 16.3 Å². The molecule has 8 heteroatoms. The zero-order valence-corrected chi connectivity index (χ0v) is 16.1. The van der Waals surface area contributed by atoms with Crippen molar-refractivity contribution >= 4 is 38.6 Å². The summed E-state index contributed by atoms with van der Waals surface area (Å²) in [4.78, 5) is 31.3. The number of morpholine rings is 1. The molecule has 0 unspecified atom stereocenters. The van der Waals surface area contributed by atoms with Gasteiger partial charge < -0.3 is 18.8 Å². The van der Waals surface area contributed by atoms with E-state index in [9.17, 15) is 9.59 Å². The third-order valence-corrected chi connectivity index (χ3v) is 5.81. The van der Waals surface area contributed by atoms with Gasteiger partial charge in [-0.05, 0) is 24.3 Å². The Morgan fingerprint density at radius 2 is 1.97 bits per heavy atom. The number of rotatable bonds is 2. The van der Waals surface area contributed by atoms with Crippen LogP contribution >= 0.6 is 11.3 Å². The van der Waals surface area contributed by atoms with E-state index < -0.39 is 6.09 Å². The maximum Gasteiger partial charge on any atom is 0.415 e. The molecule has 0 bridgehead atoms. The summed E-state index contributed by atoms with van der Waals surface area (Å²) in [6, 6.07) is 12.5. The largest absolute Gasteiger partial charge is 0.463 e. The Kier molecular flexibility index (Phi) is 4.49. The maximum atomic E-state index is 13.0. The molecule has 0 aliphatic carbocycles. The van der Waals surface area contributed by atoms with Crippen molar-refractivity contribution in [1.29, 1.82) is 0 Å². The molecule has 1 aliphatic heterocycles. The number of amides is 1. The summed E-state index contributed by atoms with van der Waals surface area (Å²) in [7, 11) is 0. The van der Waals surface area contributed by atoms with Gasteiger partial charge in [0.05, 0.1) is 34.4 Å². The molecule has 1 amide bonds. The summed E-state index contributed by atoms with van der Waals surface area (Å²) in [5, 5.41) is 1.03. The Morgan fingerprint density at radius 1 is 1.14 bits per heavy atom. The smallest absolute Gasteiger partial charge is 0.415 e. The number of para-hydroxylation sites is 1. The summed E-state index contributed by atoms with van der Waals surface area (Å²) in [6.45, 7) is 1.98. The van der Waals surface area contributed by atoms with Crippen LogP contribution in [0.15, 0.2) is 57.9 Å². The molecule has 1 fully saturated rings. The molecule has 0 atom stereocenters. The lowest BCUT2D eigenvalue weighted by molar-refractivity contribution is 0.0416. The van der Waals surface area contributed by atoms with Gasteiger partial charge in [0.25, 0.3) is 0 Å². The van der Waals surface area contributed by atoms with Crippen LogP contribution in [0.1, 0.15) is 0 Å². The Bertz CT molecular complexity index is 1240. The van der Waals surface area contributed by atoms with Gasteiger partial charge in [-0.3, -0.25) is 4.79 Å². The number of fused-ring (bicyclic) bond motifs is 2. The molecule has 1 saturated heterocycles. The molecule has 2 aromatic heterocycles. The molecule has 4 aromatic rings. The second kappa shape index (κ2) is 7.31. The van der Waals surface area contributed by atoms with Crippen molar-refractivity contribution in [2.24, 2.45) is 0 Å². The maximum absolute atomic E-state index is 13.0. The predicted octanol–water partition coefficient (Wildman–Crippen LogP) is 3.90. The molecule has 146 valence electrons. The van der Waals surface area contributed by atoms with Gasteiger partial charge in [-0.15, -0.1) is 11.3 Å². The van der Waals surface area contributed by atoms with E-state index in [2.05, 4.69) is 4.98 Å². The molecule has 3 heterocycles. The van der Waals surface area contributed by atoms with Crippen LogP contribution in [0.3, 0.4) is 0 Å². The normalized spacial score (nSPS) is 14.4. The minimum Gasteiger partial charge on any atom is -0.463 e. The van der Waals surface area contributed by atoms with Gasteiger partial charge in [-0.25, -0.2) is 9.78 Å². The monoisotopic (exact) mass is 408 g/mol. The highest BCUT2D eigenvalue weighted by Gasteiger charge is 2.19. The van der Waals surface area contributed by atoms with Gasteiger partial charge in [0.2, 0.25) is 5.43 Å². The van der Waals surface area contributed by atoms with E-state index in [0.717, 1.165) is 10.2 Å². The predicted molar refractivity (Wildman–Crippen MR) is 110 cm³/mol. The molecule has 29 heavy (non-hydrogen) atoms. The lowest BCUT2D eigenvalue weighted by Crippen LogP contribution is -2.42. The Hall–Kier alpha value is -3.23. The van der Waals surface area contributed by atoms with Gasteiger partial charge in [-0.2, -0.15) is 0 Å². The number of aromatic nitrogens is 1. The number of carbonyl (C=O) groups excluding carboxylic acids is 1. The fourth-order valence-corrected chi connectivity index (χ4v) is 4.19. The fraction of sp³-hybridized carbons (Fsp3) is 0.190. The Labute approximate surface area is 169 Å². The number of ether oxygens (including phenoxy) is 2. The third-order valence-electron chi connectivity index (χ3n) is 4.74. The van der Waals surface area contributed by atoms with E-state index >= 15 is 0 Å². The van der Waals surface area contributed by atoms with Crippen molar-refractivity contribution in [3.63, 3.8) is 0 Å². The first kappa shape index (κ1) is 17.8. The molecule has 0 N–H and O–H groups in total. The first-order valence-electron chi connectivity index (χ1n) is 9.15. The van der Waals surface area contributed by atoms with Crippen LogP contribution in [-0.2, 0) is 4.74 Å². The van der Waals surface area contributed by atoms with E-state index in [-0.39, 0.29) is 5.43 Å². The van der Waals surface area contributed by atoms with Crippen LogP contribution in [0, 0.1) is 0 Å². The summed E-state index contributed by atoms with van der Waals surface area (Å²) < 4.78 is 17.3. The average molecular weight is 408 g/mol. The van der Waals surface area contributed by atoms with Crippen molar-refractivity contribution in [2.45, 2.75) is 0 Å². The van der Waals surface area contributed by atoms with E-state index in [1.54, 1.807) is 23.1 Å². The van der Waals surface area contributed by atoms with E-state index in [4.69, 9.17) is 13.9 Å². The van der Waals surface area contributed by atoms with E-state index in [0.29, 0.717) is 53.6 Å². The quantitative estimate of drug-likeness (QED) is 0.500. The van der Waals surface area contributed by atoms with Gasteiger partial charge >= 0.3 is 6.09 Å². The number of hydrogen-bond acceptors (Lipinski definition) is 7. The minimum atomic E-state index is -0.443. The molecule has 0 spiro atoms. The third kappa shape index (κ3) is 3.37. The topological polar surface area (TPSA) is 81.9 Å². The average Bonchev–Trinajstić information content (AvgIpc) is 3.18. The molecule has 5 rings (SSSR count). The molecule has 7 nitrogen and oxygen atoms in total. The molecule has 1 aliphatic rings. The molecule has 0 saturated carbocycles. The highest BCUT2D eigenvalue weighted by atomic mass is 32.1. The number of carbonyl (C=O) groups is 1. The Morgan fingerprint density at radius 3 is 2.79 bits per heavy atom. The lowest BCUT2D eigenvalue weighted by atomic mass is 10.1. The number of nitrogens with zero attached hydrogens (tertiary/aromatic N) is 2. The summed E-state index contributed by atoms with van der Waals surface area (Å²) >= 11 is 1.44. The number of hydrogen-bond donors (Lipinski definition) is 0. The van der Waals surface area contributed by atoms with Crippen molar-refractivity contribution in [1.82, 2.24) is 9.88 Å². The van der Waals surface area contributed by atoms with Crippen molar-refractivity contribution < 1.29 is 18.7 Å². The minimum absolute atomic E-state index is 0.170. The first-order chi connectivity index (χ1) is 14.2. The number of thiazole rings is 1. The van der Waals surface area contributed by atoms with Gasteiger partial charge in [0.15, 0.2) is 0 Å². The lowest BCUT2D eigenvalue weighted by Gasteiger charge is -2.25. The van der Waals surface area contributed by atoms with E-state index in [1.807, 2.05) is 24.3 Å². The van der Waals surface area contributed by atoms with Crippen LogP contribution in [0.4, 0.5) is 4.79 Å². The van der Waals surface area contributed by atoms with Crippen LogP contribution in [0.25, 0.3) is 31.8 Å². The van der Waals surface area contributed by atoms with Crippen LogP contribution in [0.5, 0.6) is 5.75 Å². The van der Waals surface area contributed by atoms with Crippen LogP contribution < -0.4 is 10.2 Å². The fourth-order valence-electron chi connectivity index (χ4n) is 3.22. The molecule has 2 aromatic carbocycles. The highest BCUT2D eigenvalue weighted by Crippen LogP contribution is 2.30. The van der Waals surface area contributed by atoms with E-state index in [1.165, 1.54) is 17.6 Å². The Balaban J connectivity index is 1.46. The van der Waals surface area contributed by atoms with Crippen molar-refractivity contribution in [2.75, 3.05) is 26.3 Å². The van der Waals surface area contributed by atoms with Crippen LogP contribution in [0.2, 0.25) is 0 Å². The second-order valence-electron chi connectivity index (χ2n) is 6.59. The standard InChI is InChI=1S/C21H16N2O5S/c24-19-14-6-5-13(28-21(25)23-7-9-26-10-8-23)11-17(14)27-12-15(19)20-22-16-3-1-2-4-18(16)29-20/h1-6,11-12H,7-10H2. The second-order valence-corrected chi connectivity index (χ2v) is 7.62.